The molecule has 0 radical (unpaired) electrons. The molecule has 2 nitrogen and oxygen atoms in total. The molecule has 0 unspecified atom stereocenters. The summed E-state index contributed by atoms with van der Waals surface area (Å²) >= 11 is 0. The Kier molecular flexibility index (Phi) is 4.18. The highest BCUT2D eigenvalue weighted by Crippen LogP contribution is 2.25. The minimum atomic E-state index is 0.602. The molecule has 2 rings (SSSR count). The highest BCUT2D eigenvalue weighted by molar-refractivity contribution is 5.63. The van der Waals surface area contributed by atoms with Crippen LogP contribution in [0.1, 0.15) is 38.7 Å². The van der Waals surface area contributed by atoms with Crippen molar-refractivity contribution in [3.8, 4) is 0 Å². The smallest absolute Gasteiger partial charge is 0.0614 e. The molecule has 1 aliphatic rings. The molecule has 1 aromatic carbocycles. The molecule has 1 aromatic rings. The summed E-state index contributed by atoms with van der Waals surface area (Å²) < 4.78 is 0. The first-order chi connectivity index (χ1) is 8.35. The van der Waals surface area contributed by atoms with Crippen LogP contribution < -0.4 is 0 Å². The molecule has 1 aliphatic heterocycles. The second kappa shape index (κ2) is 5.85. The van der Waals surface area contributed by atoms with Crippen LogP contribution in [-0.4, -0.2) is 17.3 Å². The Bertz CT molecular complexity index is 358. The van der Waals surface area contributed by atoms with Gasteiger partial charge in [0.15, 0.2) is 0 Å². The van der Waals surface area contributed by atoms with Gasteiger partial charge < -0.3 is 0 Å². The molecule has 1 heterocycles. The normalized spacial score (nSPS) is 23.3. The van der Waals surface area contributed by atoms with Crippen LogP contribution in [0.5, 0.6) is 0 Å². The summed E-state index contributed by atoms with van der Waals surface area (Å²) in [5.74, 6) is 0.638. The topological polar surface area (TPSA) is 15.6 Å². The van der Waals surface area contributed by atoms with E-state index in [9.17, 15) is 0 Å². The molecule has 0 N–H and O–H groups in total. The lowest BCUT2D eigenvalue weighted by molar-refractivity contribution is 0.179. The van der Waals surface area contributed by atoms with Crippen molar-refractivity contribution in [3.63, 3.8) is 0 Å². The maximum atomic E-state index is 4.59. The van der Waals surface area contributed by atoms with Crippen LogP contribution in [0.3, 0.4) is 0 Å². The van der Waals surface area contributed by atoms with Gasteiger partial charge in [0, 0.05) is 12.1 Å². The van der Waals surface area contributed by atoms with E-state index >= 15 is 0 Å². The fourth-order valence-electron chi connectivity index (χ4n) is 2.54. The second-order valence-corrected chi connectivity index (χ2v) is 4.78. The Morgan fingerprint density at radius 2 is 1.94 bits per heavy atom. The summed E-state index contributed by atoms with van der Waals surface area (Å²) in [6, 6.07) is 11.2. The maximum absolute atomic E-state index is 4.59. The zero-order valence-electron chi connectivity index (χ0n) is 10.8. The zero-order chi connectivity index (χ0) is 12.1. The second-order valence-electron chi connectivity index (χ2n) is 4.78. The van der Waals surface area contributed by atoms with E-state index in [0.717, 1.165) is 6.54 Å². The molecule has 17 heavy (non-hydrogen) atoms. The van der Waals surface area contributed by atoms with Gasteiger partial charge in [-0.25, -0.2) is 0 Å². The molecule has 0 aromatic heterocycles. The van der Waals surface area contributed by atoms with Crippen LogP contribution in [0.25, 0.3) is 0 Å². The average molecular weight is 230 g/mol. The summed E-state index contributed by atoms with van der Waals surface area (Å²) in [6.45, 7) is 5.45. The third-order valence-electron chi connectivity index (χ3n) is 3.53. The number of hydrogen-bond acceptors (Lipinski definition) is 2. The molecule has 0 spiro atoms. The van der Waals surface area contributed by atoms with Crippen LogP contribution in [0.15, 0.2) is 35.4 Å². The summed E-state index contributed by atoms with van der Waals surface area (Å²) in [6.07, 6.45) is 5.81. The number of nitrogens with zero attached hydrogens (tertiary/aromatic N) is 2. The van der Waals surface area contributed by atoms with E-state index in [1.807, 2.05) is 0 Å². The molecule has 0 bridgehead atoms. The van der Waals surface area contributed by atoms with Gasteiger partial charge in [-0.2, -0.15) is 5.10 Å². The van der Waals surface area contributed by atoms with Crippen molar-refractivity contribution in [1.82, 2.24) is 5.01 Å². The van der Waals surface area contributed by atoms with Gasteiger partial charge in [-0.15, -0.1) is 0 Å². The quantitative estimate of drug-likeness (QED) is 0.753. The molecule has 0 amide bonds. The van der Waals surface area contributed by atoms with Crippen LogP contribution in [0.2, 0.25) is 0 Å². The van der Waals surface area contributed by atoms with E-state index < -0.39 is 0 Å². The minimum absolute atomic E-state index is 0.602. The van der Waals surface area contributed by atoms with Crippen molar-refractivity contribution in [1.29, 1.82) is 0 Å². The van der Waals surface area contributed by atoms with Crippen LogP contribution >= 0.6 is 0 Å². The van der Waals surface area contributed by atoms with Gasteiger partial charge in [-0.05, 0) is 18.4 Å². The first-order valence-corrected chi connectivity index (χ1v) is 6.69. The van der Waals surface area contributed by atoms with Crippen molar-refractivity contribution in [2.24, 2.45) is 11.0 Å². The largest absolute Gasteiger partial charge is 0.289 e. The lowest BCUT2D eigenvalue weighted by Gasteiger charge is -2.27. The summed E-state index contributed by atoms with van der Waals surface area (Å²) in [5.41, 5.74) is 1.35. The Hall–Kier alpha value is -1.31. The van der Waals surface area contributed by atoms with Crippen molar-refractivity contribution >= 4 is 6.21 Å². The molecule has 2 heteroatoms. The fourth-order valence-corrected chi connectivity index (χ4v) is 2.54. The predicted octanol–water partition coefficient (Wildman–Crippen LogP) is 3.68. The lowest BCUT2D eigenvalue weighted by atomic mass is 9.95. The molecule has 0 aliphatic carbocycles. The number of hydrogen-bond donors (Lipinski definition) is 0. The fraction of sp³-hybridized carbons (Fsp3) is 0.533. The third-order valence-corrected chi connectivity index (χ3v) is 3.53. The van der Waals surface area contributed by atoms with Crippen molar-refractivity contribution in [3.05, 3.63) is 35.9 Å². The van der Waals surface area contributed by atoms with Crippen molar-refractivity contribution in [2.45, 2.75) is 45.7 Å². The van der Waals surface area contributed by atoms with Crippen LogP contribution in [-0.2, 0) is 6.54 Å². The summed E-state index contributed by atoms with van der Waals surface area (Å²) in [7, 11) is 0. The van der Waals surface area contributed by atoms with Crippen molar-refractivity contribution in [2.75, 3.05) is 0 Å². The molecular formula is C15H22N2. The van der Waals surface area contributed by atoms with E-state index in [2.05, 4.69) is 60.5 Å². The zero-order valence-corrected chi connectivity index (χ0v) is 10.8. The van der Waals surface area contributed by atoms with Gasteiger partial charge in [0.25, 0.3) is 0 Å². The minimum Gasteiger partial charge on any atom is -0.289 e. The number of rotatable bonds is 5. The van der Waals surface area contributed by atoms with E-state index in [1.54, 1.807) is 0 Å². The Morgan fingerprint density at radius 3 is 2.59 bits per heavy atom. The first kappa shape index (κ1) is 12.2. The number of hydrazone groups is 1. The van der Waals surface area contributed by atoms with Crippen molar-refractivity contribution < 1.29 is 0 Å². The molecule has 0 saturated carbocycles. The molecule has 2 atom stereocenters. The SMILES string of the molecule is CCC[C@@H]1[C@H](CC)C=NN1Cc1ccccc1. The Morgan fingerprint density at radius 1 is 1.18 bits per heavy atom. The lowest BCUT2D eigenvalue weighted by Crippen LogP contribution is -2.31. The van der Waals surface area contributed by atoms with Gasteiger partial charge in [-0.1, -0.05) is 50.6 Å². The maximum Gasteiger partial charge on any atom is 0.0614 e. The van der Waals surface area contributed by atoms with Gasteiger partial charge in [0.1, 0.15) is 0 Å². The van der Waals surface area contributed by atoms with E-state index in [0.29, 0.717) is 12.0 Å². The average Bonchev–Trinajstić information content (AvgIpc) is 2.74. The van der Waals surface area contributed by atoms with Crippen LogP contribution in [0.4, 0.5) is 0 Å². The molecule has 0 saturated heterocycles. The molecular weight excluding hydrogens is 208 g/mol. The summed E-state index contributed by atoms with van der Waals surface area (Å²) in [4.78, 5) is 0. The molecule has 0 fully saturated rings. The highest BCUT2D eigenvalue weighted by Gasteiger charge is 2.28. The van der Waals surface area contributed by atoms with Gasteiger partial charge in [0.05, 0.1) is 12.6 Å². The van der Waals surface area contributed by atoms with Gasteiger partial charge in [0.2, 0.25) is 0 Å². The predicted molar refractivity (Wildman–Crippen MR) is 73.0 cm³/mol. The molecule has 92 valence electrons. The van der Waals surface area contributed by atoms with Gasteiger partial charge in [-0.3, -0.25) is 5.01 Å². The Balaban J connectivity index is 2.03. The standard InChI is InChI=1S/C15H22N2/c1-3-8-15-14(4-2)11-16-17(15)12-13-9-6-5-7-10-13/h5-7,9-11,14-15H,3-4,8,12H2,1-2H3/t14-,15-/m1/s1. The van der Waals surface area contributed by atoms with E-state index in [1.165, 1.54) is 24.8 Å². The van der Waals surface area contributed by atoms with Crippen LogP contribution in [0, 0.1) is 5.92 Å². The third kappa shape index (κ3) is 2.87. The Labute approximate surface area is 104 Å². The van der Waals surface area contributed by atoms with Gasteiger partial charge >= 0.3 is 0 Å². The van der Waals surface area contributed by atoms with E-state index in [4.69, 9.17) is 0 Å². The monoisotopic (exact) mass is 230 g/mol. The first-order valence-electron chi connectivity index (χ1n) is 6.69. The van der Waals surface area contributed by atoms with E-state index in [-0.39, 0.29) is 0 Å². The number of benzene rings is 1. The summed E-state index contributed by atoms with van der Waals surface area (Å²) in [5, 5.41) is 6.86. The highest BCUT2D eigenvalue weighted by atomic mass is 15.5.